The van der Waals surface area contributed by atoms with Crippen molar-refractivity contribution in [1.82, 2.24) is 14.5 Å². The number of alkyl halides is 1. The van der Waals surface area contributed by atoms with Crippen LogP contribution < -0.4 is 0 Å². The van der Waals surface area contributed by atoms with Crippen LogP contribution in [0.2, 0.25) is 5.02 Å². The number of imidazole rings is 1. The molecule has 3 nitrogen and oxygen atoms in total. The molecule has 0 aliphatic heterocycles. The minimum absolute atomic E-state index is 0.234. The van der Waals surface area contributed by atoms with Crippen molar-refractivity contribution in [3.8, 4) is 5.69 Å². The van der Waals surface area contributed by atoms with E-state index in [4.69, 9.17) is 23.2 Å². The van der Waals surface area contributed by atoms with Gasteiger partial charge in [-0.3, -0.25) is 4.57 Å². The number of halogens is 3. The number of fused-ring (bicyclic) bond motifs is 1. The first-order valence-electron chi connectivity index (χ1n) is 6.43. The van der Waals surface area contributed by atoms with Gasteiger partial charge in [0.25, 0.3) is 0 Å². The van der Waals surface area contributed by atoms with Gasteiger partial charge in [0.1, 0.15) is 11.3 Å². The molecule has 0 bridgehead atoms. The van der Waals surface area contributed by atoms with Crippen molar-refractivity contribution in [2.75, 3.05) is 0 Å². The lowest BCUT2D eigenvalue weighted by Crippen LogP contribution is -2.03. The number of benzene rings is 1. The Morgan fingerprint density at radius 3 is 2.62 bits per heavy atom. The van der Waals surface area contributed by atoms with E-state index in [0.717, 1.165) is 32.8 Å². The Kier molecular flexibility index (Phi) is 3.95. The van der Waals surface area contributed by atoms with Crippen LogP contribution in [0.3, 0.4) is 0 Å². The summed E-state index contributed by atoms with van der Waals surface area (Å²) < 4.78 is 2.84. The molecule has 1 unspecified atom stereocenters. The number of rotatable bonds is 2. The Balaban J connectivity index is 2.38. The average Bonchev–Trinajstić information content (AvgIpc) is 2.77. The minimum Gasteiger partial charge on any atom is -0.278 e. The molecule has 1 atom stereocenters. The number of hydrogen-bond donors (Lipinski definition) is 0. The van der Waals surface area contributed by atoms with Crippen LogP contribution in [-0.4, -0.2) is 14.5 Å². The second-order valence-corrected chi connectivity index (χ2v) is 6.76. The lowest BCUT2D eigenvalue weighted by atomic mass is 10.3. The van der Waals surface area contributed by atoms with Gasteiger partial charge in [-0.15, -0.1) is 11.6 Å². The number of aryl methyl sites for hydroxylation is 1. The molecule has 21 heavy (non-hydrogen) atoms. The van der Waals surface area contributed by atoms with E-state index in [1.807, 2.05) is 48.7 Å². The van der Waals surface area contributed by atoms with E-state index < -0.39 is 0 Å². The molecule has 0 fully saturated rings. The van der Waals surface area contributed by atoms with E-state index in [1.165, 1.54) is 0 Å². The van der Waals surface area contributed by atoms with Crippen molar-refractivity contribution >= 4 is 50.3 Å². The first-order valence-corrected chi connectivity index (χ1v) is 8.03. The zero-order valence-electron chi connectivity index (χ0n) is 11.4. The minimum atomic E-state index is -0.234. The summed E-state index contributed by atoms with van der Waals surface area (Å²) in [6.07, 6.45) is 0. The van der Waals surface area contributed by atoms with Crippen LogP contribution in [0.25, 0.3) is 16.9 Å². The zero-order chi connectivity index (χ0) is 15.1. The topological polar surface area (TPSA) is 30.7 Å². The lowest BCUT2D eigenvalue weighted by Gasteiger charge is -2.12. The third-order valence-corrected chi connectivity index (χ3v) is 4.24. The SMILES string of the molecule is Cc1ccc2nc(C(C)Cl)n(-c3ccc(Cl)cc3Br)c2n1. The number of aromatic nitrogens is 3. The van der Waals surface area contributed by atoms with Gasteiger partial charge in [0, 0.05) is 15.2 Å². The van der Waals surface area contributed by atoms with E-state index in [1.54, 1.807) is 0 Å². The standard InChI is InChI=1S/C15H12BrCl2N3/c1-8-3-5-12-15(19-8)21(14(20-12)9(2)17)13-6-4-10(18)7-11(13)16/h3-7,9H,1-2H3. The maximum atomic E-state index is 6.30. The fraction of sp³-hybridized carbons (Fsp3) is 0.200. The molecule has 0 saturated heterocycles. The normalized spacial score (nSPS) is 12.8. The molecule has 0 amide bonds. The van der Waals surface area contributed by atoms with Crippen LogP contribution in [0.15, 0.2) is 34.8 Å². The van der Waals surface area contributed by atoms with E-state index in [0.29, 0.717) is 5.02 Å². The van der Waals surface area contributed by atoms with Crippen LogP contribution in [0.4, 0.5) is 0 Å². The van der Waals surface area contributed by atoms with E-state index in [9.17, 15) is 0 Å². The predicted octanol–water partition coefficient (Wildman–Crippen LogP) is 5.44. The molecular formula is C15H12BrCl2N3. The number of pyridine rings is 1. The molecule has 3 aromatic rings. The van der Waals surface area contributed by atoms with Crippen LogP contribution in [-0.2, 0) is 0 Å². The summed E-state index contributed by atoms with van der Waals surface area (Å²) in [6, 6.07) is 9.52. The summed E-state index contributed by atoms with van der Waals surface area (Å²) >= 11 is 15.9. The third-order valence-electron chi connectivity index (χ3n) is 3.18. The highest BCUT2D eigenvalue weighted by molar-refractivity contribution is 9.10. The Morgan fingerprint density at radius 1 is 1.19 bits per heavy atom. The average molecular weight is 385 g/mol. The molecule has 2 aromatic heterocycles. The number of nitrogens with zero attached hydrogens (tertiary/aromatic N) is 3. The highest BCUT2D eigenvalue weighted by atomic mass is 79.9. The van der Waals surface area contributed by atoms with Crippen molar-refractivity contribution < 1.29 is 0 Å². The Bertz CT molecular complexity index is 827. The summed E-state index contributed by atoms with van der Waals surface area (Å²) in [6.45, 7) is 3.85. The van der Waals surface area contributed by atoms with Crippen LogP contribution in [0, 0.1) is 6.92 Å². The first kappa shape index (κ1) is 14.8. The molecule has 108 valence electrons. The van der Waals surface area contributed by atoms with Crippen LogP contribution in [0.5, 0.6) is 0 Å². The summed E-state index contributed by atoms with van der Waals surface area (Å²) in [5.74, 6) is 0.757. The van der Waals surface area contributed by atoms with E-state index in [-0.39, 0.29) is 5.38 Å². The highest BCUT2D eigenvalue weighted by Crippen LogP contribution is 2.32. The monoisotopic (exact) mass is 383 g/mol. The second kappa shape index (κ2) is 5.59. The molecule has 0 N–H and O–H groups in total. The van der Waals surface area contributed by atoms with Crippen molar-refractivity contribution in [2.45, 2.75) is 19.2 Å². The third kappa shape index (κ3) is 2.68. The van der Waals surface area contributed by atoms with Gasteiger partial charge in [0.2, 0.25) is 0 Å². The number of hydrogen-bond acceptors (Lipinski definition) is 2. The molecule has 1 aromatic carbocycles. The van der Waals surface area contributed by atoms with Crippen molar-refractivity contribution in [3.63, 3.8) is 0 Å². The molecule has 2 heterocycles. The maximum absolute atomic E-state index is 6.30. The molecule has 3 rings (SSSR count). The Hall–Kier alpha value is -1.10. The summed E-state index contributed by atoms with van der Waals surface area (Å²) in [7, 11) is 0. The Morgan fingerprint density at radius 2 is 1.95 bits per heavy atom. The fourth-order valence-corrected chi connectivity index (χ4v) is 3.24. The molecule has 6 heteroatoms. The van der Waals surface area contributed by atoms with Crippen molar-refractivity contribution in [2.24, 2.45) is 0 Å². The lowest BCUT2D eigenvalue weighted by molar-refractivity contribution is 0.873. The van der Waals surface area contributed by atoms with Gasteiger partial charge in [-0.1, -0.05) is 11.6 Å². The zero-order valence-corrected chi connectivity index (χ0v) is 14.5. The molecule has 0 radical (unpaired) electrons. The maximum Gasteiger partial charge on any atom is 0.165 e. The largest absolute Gasteiger partial charge is 0.278 e. The van der Waals surface area contributed by atoms with Gasteiger partial charge >= 0.3 is 0 Å². The van der Waals surface area contributed by atoms with Gasteiger partial charge in [-0.2, -0.15) is 0 Å². The Labute approximate surface area is 141 Å². The van der Waals surface area contributed by atoms with Gasteiger partial charge < -0.3 is 0 Å². The van der Waals surface area contributed by atoms with Crippen molar-refractivity contribution in [1.29, 1.82) is 0 Å². The quantitative estimate of drug-likeness (QED) is 0.550. The van der Waals surface area contributed by atoms with Gasteiger partial charge in [0.15, 0.2) is 5.65 Å². The summed E-state index contributed by atoms with van der Waals surface area (Å²) in [4.78, 5) is 9.21. The molecule has 0 aliphatic rings. The molecule has 0 saturated carbocycles. The van der Waals surface area contributed by atoms with Crippen LogP contribution in [0.1, 0.15) is 23.8 Å². The van der Waals surface area contributed by atoms with E-state index in [2.05, 4.69) is 25.9 Å². The van der Waals surface area contributed by atoms with Crippen LogP contribution >= 0.6 is 39.1 Å². The highest BCUT2D eigenvalue weighted by Gasteiger charge is 2.19. The smallest absolute Gasteiger partial charge is 0.165 e. The summed E-state index contributed by atoms with van der Waals surface area (Å²) in [5, 5.41) is 0.432. The van der Waals surface area contributed by atoms with Gasteiger partial charge in [-0.25, -0.2) is 9.97 Å². The van der Waals surface area contributed by atoms with Gasteiger partial charge in [-0.05, 0) is 60.1 Å². The molecule has 0 spiro atoms. The molecule has 0 aliphatic carbocycles. The van der Waals surface area contributed by atoms with E-state index >= 15 is 0 Å². The molecular weight excluding hydrogens is 373 g/mol. The fourth-order valence-electron chi connectivity index (χ4n) is 2.24. The first-order chi connectivity index (χ1) is 9.97. The van der Waals surface area contributed by atoms with Crippen molar-refractivity contribution in [3.05, 3.63) is 51.3 Å². The summed E-state index contributed by atoms with van der Waals surface area (Å²) in [5.41, 5.74) is 3.47. The second-order valence-electron chi connectivity index (χ2n) is 4.81. The predicted molar refractivity (Wildman–Crippen MR) is 90.6 cm³/mol. The van der Waals surface area contributed by atoms with Gasteiger partial charge in [0.05, 0.1) is 11.1 Å².